The van der Waals surface area contributed by atoms with Crippen molar-refractivity contribution in [2.45, 2.75) is 18.4 Å². The maximum atomic E-state index is 13.4. The molecule has 96 valence electrons. The number of halogens is 1. The molecule has 19 heavy (non-hydrogen) atoms. The maximum absolute atomic E-state index is 13.4. The van der Waals surface area contributed by atoms with Gasteiger partial charge in [-0.3, -0.25) is 4.79 Å². The lowest BCUT2D eigenvalue weighted by molar-refractivity contribution is 0.0945. The van der Waals surface area contributed by atoms with Gasteiger partial charge >= 0.3 is 0 Å². The molecular formula is C15H13FN2O. The van der Waals surface area contributed by atoms with Crippen molar-refractivity contribution in [3.05, 3.63) is 65.7 Å². The highest BCUT2D eigenvalue weighted by molar-refractivity contribution is 5.94. The van der Waals surface area contributed by atoms with Crippen LogP contribution in [-0.2, 0) is 0 Å². The standard InChI is InChI=1S/C15H13FN2O/c16-14-11(7-4-8-17-14)15(19)18-13-9-12(13)10-5-2-1-3-6-10/h1-8,12-13H,9H2,(H,18,19). The Balaban J connectivity index is 1.66. The van der Waals surface area contributed by atoms with Crippen molar-refractivity contribution in [1.82, 2.24) is 10.3 Å². The molecule has 0 spiro atoms. The first kappa shape index (κ1) is 11.8. The van der Waals surface area contributed by atoms with E-state index in [-0.39, 0.29) is 11.6 Å². The summed E-state index contributed by atoms with van der Waals surface area (Å²) >= 11 is 0. The molecule has 1 N–H and O–H groups in total. The second-order valence-electron chi connectivity index (χ2n) is 4.67. The van der Waals surface area contributed by atoms with Crippen molar-refractivity contribution in [3.63, 3.8) is 0 Å². The molecule has 0 saturated heterocycles. The van der Waals surface area contributed by atoms with Crippen LogP contribution in [-0.4, -0.2) is 16.9 Å². The highest BCUT2D eigenvalue weighted by Crippen LogP contribution is 2.40. The minimum atomic E-state index is -0.725. The van der Waals surface area contributed by atoms with Crippen LogP contribution in [0.5, 0.6) is 0 Å². The number of nitrogens with one attached hydrogen (secondary N) is 1. The Hall–Kier alpha value is -2.23. The normalized spacial score (nSPS) is 20.9. The average Bonchev–Trinajstić information content (AvgIpc) is 3.19. The van der Waals surface area contributed by atoms with E-state index in [2.05, 4.69) is 10.3 Å². The van der Waals surface area contributed by atoms with E-state index >= 15 is 0 Å². The maximum Gasteiger partial charge on any atom is 0.256 e. The van der Waals surface area contributed by atoms with Gasteiger partial charge in [-0.1, -0.05) is 30.3 Å². The monoisotopic (exact) mass is 256 g/mol. The second kappa shape index (κ2) is 4.80. The van der Waals surface area contributed by atoms with E-state index < -0.39 is 11.9 Å². The zero-order chi connectivity index (χ0) is 13.2. The molecule has 3 rings (SSSR count). The topological polar surface area (TPSA) is 42.0 Å². The molecule has 2 atom stereocenters. The molecule has 1 heterocycles. The quantitative estimate of drug-likeness (QED) is 0.857. The summed E-state index contributed by atoms with van der Waals surface area (Å²) in [5, 5.41) is 2.84. The van der Waals surface area contributed by atoms with E-state index in [1.54, 1.807) is 6.07 Å². The molecule has 1 aliphatic rings. The summed E-state index contributed by atoms with van der Waals surface area (Å²) in [6, 6.07) is 13.1. The third-order valence-electron chi connectivity index (χ3n) is 3.34. The van der Waals surface area contributed by atoms with Crippen LogP contribution in [0.1, 0.15) is 28.3 Å². The Labute approximate surface area is 110 Å². The van der Waals surface area contributed by atoms with Crippen molar-refractivity contribution in [2.75, 3.05) is 0 Å². The highest BCUT2D eigenvalue weighted by atomic mass is 19.1. The smallest absolute Gasteiger partial charge is 0.256 e. The Bertz CT molecular complexity index is 600. The summed E-state index contributed by atoms with van der Waals surface area (Å²) in [5.41, 5.74) is 1.21. The van der Waals surface area contributed by atoms with Crippen molar-refractivity contribution < 1.29 is 9.18 Å². The molecule has 4 heteroatoms. The van der Waals surface area contributed by atoms with Gasteiger partial charge in [0.1, 0.15) is 0 Å². The van der Waals surface area contributed by atoms with Gasteiger partial charge in [-0.2, -0.15) is 4.39 Å². The van der Waals surface area contributed by atoms with Crippen LogP contribution < -0.4 is 5.32 Å². The van der Waals surface area contributed by atoms with Crippen LogP contribution in [0.2, 0.25) is 0 Å². The van der Waals surface area contributed by atoms with E-state index in [1.807, 2.05) is 30.3 Å². The number of carbonyl (C=O) groups excluding carboxylic acids is 1. The van der Waals surface area contributed by atoms with E-state index in [4.69, 9.17) is 0 Å². The number of carbonyl (C=O) groups is 1. The van der Waals surface area contributed by atoms with E-state index in [0.29, 0.717) is 5.92 Å². The van der Waals surface area contributed by atoms with Gasteiger partial charge in [-0.05, 0) is 24.1 Å². The Morgan fingerprint density at radius 3 is 2.74 bits per heavy atom. The Kier molecular flexibility index (Phi) is 2.99. The molecule has 1 aromatic heterocycles. The number of nitrogens with zero attached hydrogens (tertiary/aromatic N) is 1. The number of amides is 1. The summed E-state index contributed by atoms with van der Waals surface area (Å²) < 4.78 is 13.4. The minimum Gasteiger partial charge on any atom is -0.349 e. The lowest BCUT2D eigenvalue weighted by Gasteiger charge is -2.05. The van der Waals surface area contributed by atoms with Gasteiger partial charge in [0.2, 0.25) is 5.95 Å². The van der Waals surface area contributed by atoms with Gasteiger partial charge < -0.3 is 5.32 Å². The summed E-state index contributed by atoms with van der Waals surface area (Å²) in [7, 11) is 0. The van der Waals surface area contributed by atoms with Gasteiger partial charge in [0.05, 0.1) is 5.56 Å². The van der Waals surface area contributed by atoms with Crippen LogP contribution in [0.4, 0.5) is 4.39 Å². The van der Waals surface area contributed by atoms with Crippen LogP contribution in [0.25, 0.3) is 0 Å². The van der Waals surface area contributed by atoms with Crippen LogP contribution >= 0.6 is 0 Å². The number of hydrogen-bond donors (Lipinski definition) is 1. The zero-order valence-corrected chi connectivity index (χ0v) is 10.2. The van der Waals surface area contributed by atoms with E-state index in [0.717, 1.165) is 6.42 Å². The Morgan fingerprint density at radius 1 is 1.21 bits per heavy atom. The van der Waals surface area contributed by atoms with Crippen molar-refractivity contribution in [2.24, 2.45) is 0 Å². The first-order valence-corrected chi connectivity index (χ1v) is 6.22. The number of aromatic nitrogens is 1. The van der Waals surface area contributed by atoms with Crippen molar-refractivity contribution in [3.8, 4) is 0 Å². The first-order chi connectivity index (χ1) is 9.25. The predicted octanol–water partition coefficient (Wildman–Crippen LogP) is 2.51. The van der Waals surface area contributed by atoms with Crippen LogP contribution in [0, 0.1) is 5.95 Å². The molecule has 1 fully saturated rings. The van der Waals surface area contributed by atoms with Crippen molar-refractivity contribution in [1.29, 1.82) is 0 Å². The average molecular weight is 256 g/mol. The molecule has 1 aromatic carbocycles. The molecule has 0 aliphatic heterocycles. The Morgan fingerprint density at radius 2 is 2.00 bits per heavy atom. The van der Waals surface area contributed by atoms with Gasteiger partial charge in [-0.25, -0.2) is 4.98 Å². The predicted molar refractivity (Wildman–Crippen MR) is 69.2 cm³/mol. The minimum absolute atomic E-state index is 0.00112. The summed E-state index contributed by atoms with van der Waals surface area (Å²) in [5.74, 6) is -0.782. The molecule has 1 saturated carbocycles. The summed E-state index contributed by atoms with van der Waals surface area (Å²) in [4.78, 5) is 15.4. The van der Waals surface area contributed by atoms with Gasteiger partial charge in [0, 0.05) is 18.2 Å². The fourth-order valence-corrected chi connectivity index (χ4v) is 2.22. The number of hydrogen-bond acceptors (Lipinski definition) is 2. The third-order valence-corrected chi connectivity index (χ3v) is 3.34. The first-order valence-electron chi connectivity index (χ1n) is 6.22. The number of rotatable bonds is 3. The lowest BCUT2D eigenvalue weighted by atomic mass is 10.1. The second-order valence-corrected chi connectivity index (χ2v) is 4.67. The van der Waals surface area contributed by atoms with Crippen LogP contribution in [0.3, 0.4) is 0 Å². The van der Waals surface area contributed by atoms with Gasteiger partial charge in [-0.15, -0.1) is 0 Å². The SMILES string of the molecule is O=C(NC1CC1c1ccccc1)c1cccnc1F. The lowest BCUT2D eigenvalue weighted by Crippen LogP contribution is -2.27. The number of benzene rings is 1. The fraction of sp³-hybridized carbons (Fsp3) is 0.200. The zero-order valence-electron chi connectivity index (χ0n) is 10.2. The molecule has 2 aromatic rings. The van der Waals surface area contributed by atoms with Gasteiger partial charge in [0.15, 0.2) is 0 Å². The molecule has 3 nitrogen and oxygen atoms in total. The molecule has 1 aliphatic carbocycles. The summed E-state index contributed by atoms with van der Waals surface area (Å²) in [6.45, 7) is 0. The highest BCUT2D eigenvalue weighted by Gasteiger charge is 2.39. The largest absolute Gasteiger partial charge is 0.349 e. The molecular weight excluding hydrogens is 243 g/mol. The molecule has 0 radical (unpaired) electrons. The fourth-order valence-electron chi connectivity index (χ4n) is 2.22. The molecule has 1 amide bonds. The van der Waals surface area contributed by atoms with E-state index in [9.17, 15) is 9.18 Å². The molecule has 0 bridgehead atoms. The molecule has 2 unspecified atom stereocenters. The number of pyridine rings is 1. The van der Waals surface area contributed by atoms with Crippen molar-refractivity contribution >= 4 is 5.91 Å². The van der Waals surface area contributed by atoms with E-state index in [1.165, 1.54) is 17.8 Å². The summed E-state index contributed by atoms with van der Waals surface area (Å²) in [6.07, 6.45) is 2.23. The van der Waals surface area contributed by atoms with Crippen LogP contribution in [0.15, 0.2) is 48.7 Å². The third kappa shape index (κ3) is 2.47. The van der Waals surface area contributed by atoms with Gasteiger partial charge in [0.25, 0.3) is 5.91 Å².